The van der Waals surface area contributed by atoms with Gasteiger partial charge < -0.3 is 4.74 Å². The predicted molar refractivity (Wildman–Crippen MR) is 60.7 cm³/mol. The maximum Gasteiger partial charge on any atom is 0.416 e. The van der Waals surface area contributed by atoms with Crippen LogP contribution in [0.25, 0.3) is 0 Å². The molecule has 1 aromatic carbocycles. The second-order valence-electron chi connectivity index (χ2n) is 3.95. The first-order valence-corrected chi connectivity index (χ1v) is 5.74. The first kappa shape index (κ1) is 14.0. The molecule has 0 aromatic heterocycles. The van der Waals surface area contributed by atoms with E-state index in [4.69, 9.17) is 4.74 Å². The Hall–Kier alpha value is -1.03. The molecule has 1 aromatic rings. The van der Waals surface area contributed by atoms with Crippen LogP contribution in [0.2, 0.25) is 0 Å². The summed E-state index contributed by atoms with van der Waals surface area (Å²) in [5.74, 6) is 0. The van der Waals surface area contributed by atoms with Crippen molar-refractivity contribution in [2.24, 2.45) is 0 Å². The Labute approximate surface area is 99.6 Å². The van der Waals surface area contributed by atoms with Crippen molar-refractivity contribution < 1.29 is 17.9 Å². The fourth-order valence-corrected chi connectivity index (χ4v) is 1.60. The van der Waals surface area contributed by atoms with Crippen molar-refractivity contribution in [2.45, 2.75) is 39.0 Å². The van der Waals surface area contributed by atoms with E-state index in [-0.39, 0.29) is 5.56 Å². The summed E-state index contributed by atoms with van der Waals surface area (Å²) in [6.45, 7) is 4.15. The number of benzene rings is 1. The molecule has 0 N–H and O–H groups in total. The summed E-state index contributed by atoms with van der Waals surface area (Å²) in [4.78, 5) is 0. The van der Waals surface area contributed by atoms with Gasteiger partial charge in [-0.3, -0.25) is 0 Å². The van der Waals surface area contributed by atoms with Gasteiger partial charge in [-0.2, -0.15) is 13.2 Å². The Morgan fingerprint density at radius 1 is 1.24 bits per heavy atom. The summed E-state index contributed by atoms with van der Waals surface area (Å²) >= 11 is 0. The fraction of sp³-hybridized carbons (Fsp3) is 0.538. The van der Waals surface area contributed by atoms with Crippen molar-refractivity contribution in [1.82, 2.24) is 0 Å². The van der Waals surface area contributed by atoms with Gasteiger partial charge in [0.05, 0.1) is 11.7 Å². The number of unbranched alkanes of at least 4 members (excludes halogenated alkanes) is 1. The lowest BCUT2D eigenvalue weighted by atomic mass is 10.0. The maximum absolute atomic E-state index is 12.7. The fourth-order valence-electron chi connectivity index (χ4n) is 1.60. The largest absolute Gasteiger partial charge is 0.416 e. The third-order valence-electron chi connectivity index (χ3n) is 2.57. The highest BCUT2D eigenvalue weighted by molar-refractivity contribution is 5.31. The van der Waals surface area contributed by atoms with Gasteiger partial charge in [-0.1, -0.05) is 31.5 Å². The van der Waals surface area contributed by atoms with Crippen LogP contribution in [0.4, 0.5) is 13.2 Å². The predicted octanol–water partition coefficient (Wildman–Crippen LogP) is 4.58. The maximum atomic E-state index is 12.7. The molecule has 0 aliphatic rings. The molecule has 0 fully saturated rings. The number of halogens is 3. The number of hydrogen-bond donors (Lipinski definition) is 0. The van der Waals surface area contributed by atoms with Crippen molar-refractivity contribution in [3.63, 3.8) is 0 Å². The minimum atomic E-state index is -4.32. The monoisotopic (exact) mass is 246 g/mol. The van der Waals surface area contributed by atoms with E-state index in [1.165, 1.54) is 12.1 Å². The molecular weight excluding hydrogens is 229 g/mol. The molecule has 1 rings (SSSR count). The molecule has 0 saturated heterocycles. The van der Waals surface area contributed by atoms with Crippen LogP contribution in [0.5, 0.6) is 0 Å². The van der Waals surface area contributed by atoms with Crippen LogP contribution in [-0.4, -0.2) is 6.61 Å². The molecule has 0 saturated carbocycles. The van der Waals surface area contributed by atoms with E-state index in [1.807, 2.05) is 6.92 Å². The Bertz CT molecular complexity index is 347. The van der Waals surface area contributed by atoms with Gasteiger partial charge in [0, 0.05) is 6.61 Å². The third-order valence-corrected chi connectivity index (χ3v) is 2.57. The molecule has 1 nitrogen and oxygen atoms in total. The highest BCUT2D eigenvalue weighted by Gasteiger charge is 2.34. The quantitative estimate of drug-likeness (QED) is 0.691. The summed E-state index contributed by atoms with van der Waals surface area (Å²) < 4.78 is 43.6. The summed E-state index contributed by atoms with van der Waals surface area (Å²) in [5.41, 5.74) is -0.403. The van der Waals surface area contributed by atoms with Crippen LogP contribution < -0.4 is 0 Å². The van der Waals surface area contributed by atoms with E-state index in [0.29, 0.717) is 6.61 Å². The van der Waals surface area contributed by atoms with E-state index in [1.54, 1.807) is 13.0 Å². The smallest absolute Gasteiger partial charge is 0.374 e. The van der Waals surface area contributed by atoms with Crippen LogP contribution in [-0.2, 0) is 10.9 Å². The van der Waals surface area contributed by atoms with Crippen molar-refractivity contribution >= 4 is 0 Å². The average molecular weight is 246 g/mol. The first-order valence-electron chi connectivity index (χ1n) is 5.74. The van der Waals surface area contributed by atoms with Crippen molar-refractivity contribution in [3.05, 3.63) is 35.4 Å². The lowest BCUT2D eigenvalue weighted by Gasteiger charge is -2.18. The van der Waals surface area contributed by atoms with E-state index >= 15 is 0 Å². The molecular formula is C13H17F3O. The van der Waals surface area contributed by atoms with Gasteiger partial charge in [0.1, 0.15) is 0 Å². The van der Waals surface area contributed by atoms with Gasteiger partial charge in [-0.05, 0) is 25.0 Å². The summed E-state index contributed by atoms with van der Waals surface area (Å²) in [6, 6.07) is 5.56. The van der Waals surface area contributed by atoms with Gasteiger partial charge in [-0.15, -0.1) is 0 Å². The lowest BCUT2D eigenvalue weighted by Crippen LogP contribution is -2.12. The highest BCUT2D eigenvalue weighted by atomic mass is 19.4. The number of ether oxygens (including phenoxy) is 1. The Balaban J connectivity index is 2.82. The van der Waals surface area contributed by atoms with Gasteiger partial charge in [0.2, 0.25) is 0 Å². The lowest BCUT2D eigenvalue weighted by molar-refractivity contribution is -0.139. The van der Waals surface area contributed by atoms with Crippen molar-refractivity contribution in [2.75, 3.05) is 6.61 Å². The van der Waals surface area contributed by atoms with Crippen molar-refractivity contribution in [3.8, 4) is 0 Å². The van der Waals surface area contributed by atoms with Crippen molar-refractivity contribution in [1.29, 1.82) is 0 Å². The molecule has 0 aliphatic heterocycles. The average Bonchev–Trinajstić information content (AvgIpc) is 2.28. The van der Waals surface area contributed by atoms with Gasteiger partial charge in [-0.25, -0.2) is 0 Å². The molecule has 1 atom stereocenters. The molecule has 0 heterocycles. The molecule has 0 radical (unpaired) electrons. The van der Waals surface area contributed by atoms with E-state index in [2.05, 4.69) is 0 Å². The van der Waals surface area contributed by atoms with Crippen LogP contribution >= 0.6 is 0 Å². The highest BCUT2D eigenvalue weighted by Crippen LogP contribution is 2.35. The van der Waals surface area contributed by atoms with Gasteiger partial charge in [0.25, 0.3) is 0 Å². The minimum Gasteiger partial charge on any atom is -0.374 e. The third kappa shape index (κ3) is 4.04. The van der Waals surface area contributed by atoms with Crippen LogP contribution in [0, 0.1) is 0 Å². The Kier molecular flexibility index (Phi) is 5.00. The second-order valence-corrected chi connectivity index (χ2v) is 3.95. The summed E-state index contributed by atoms with van der Waals surface area (Å²) in [7, 11) is 0. The number of alkyl halides is 3. The molecule has 0 unspecified atom stereocenters. The molecule has 0 aliphatic carbocycles. The van der Waals surface area contributed by atoms with Crippen LogP contribution in [0.1, 0.15) is 43.9 Å². The number of hydrogen-bond acceptors (Lipinski definition) is 1. The second kappa shape index (κ2) is 6.05. The molecule has 4 heteroatoms. The molecule has 0 amide bonds. The molecule has 0 spiro atoms. The zero-order valence-electron chi connectivity index (χ0n) is 10.1. The zero-order chi connectivity index (χ0) is 12.9. The standard InChI is InChI=1S/C13H17F3O/c1-3-4-9-17-10(2)11-7-5-6-8-12(11)13(14,15)16/h5-8,10H,3-4,9H2,1-2H3/t10-/m0/s1. The minimum absolute atomic E-state index is 0.205. The summed E-state index contributed by atoms with van der Waals surface area (Å²) in [5, 5.41) is 0. The van der Waals surface area contributed by atoms with E-state index < -0.39 is 17.8 Å². The van der Waals surface area contributed by atoms with E-state index in [0.717, 1.165) is 18.9 Å². The molecule has 96 valence electrons. The van der Waals surface area contributed by atoms with Gasteiger partial charge >= 0.3 is 6.18 Å². The topological polar surface area (TPSA) is 9.23 Å². The van der Waals surface area contributed by atoms with Gasteiger partial charge in [0.15, 0.2) is 0 Å². The SMILES string of the molecule is CCCCO[C@@H](C)c1ccccc1C(F)(F)F. The Morgan fingerprint density at radius 2 is 1.88 bits per heavy atom. The molecule has 17 heavy (non-hydrogen) atoms. The van der Waals surface area contributed by atoms with Crippen LogP contribution in [0.3, 0.4) is 0 Å². The van der Waals surface area contributed by atoms with Crippen LogP contribution in [0.15, 0.2) is 24.3 Å². The number of rotatable bonds is 5. The Morgan fingerprint density at radius 3 is 2.47 bits per heavy atom. The summed E-state index contributed by atoms with van der Waals surface area (Å²) in [6.07, 6.45) is -3.02. The zero-order valence-corrected chi connectivity index (χ0v) is 10.1. The first-order chi connectivity index (χ1) is 7.96. The van der Waals surface area contributed by atoms with E-state index in [9.17, 15) is 13.2 Å². The normalized spacial score (nSPS) is 13.7. The molecule has 0 bridgehead atoms.